The number of nitrogens with one attached hydrogen (secondary N) is 2. The van der Waals surface area contributed by atoms with E-state index in [1.807, 2.05) is 18.2 Å². The summed E-state index contributed by atoms with van der Waals surface area (Å²) in [5.41, 5.74) is 1.47. The van der Waals surface area contributed by atoms with Gasteiger partial charge in [-0.2, -0.15) is 0 Å². The fraction of sp³-hybridized carbons (Fsp3) is 0.333. The van der Waals surface area contributed by atoms with E-state index in [0.29, 0.717) is 5.02 Å². The Labute approximate surface area is 122 Å². The van der Waals surface area contributed by atoms with Crippen molar-refractivity contribution in [3.63, 3.8) is 0 Å². The van der Waals surface area contributed by atoms with E-state index in [9.17, 15) is 4.79 Å². The molecule has 1 aliphatic heterocycles. The van der Waals surface area contributed by atoms with Gasteiger partial charge in [0.15, 0.2) is 0 Å². The van der Waals surface area contributed by atoms with Crippen LogP contribution >= 0.6 is 11.6 Å². The third-order valence-corrected chi connectivity index (χ3v) is 4.01. The van der Waals surface area contributed by atoms with E-state index in [0.717, 1.165) is 42.5 Å². The van der Waals surface area contributed by atoms with Crippen LogP contribution in [-0.4, -0.2) is 24.0 Å². The fourth-order valence-electron chi connectivity index (χ4n) is 2.56. The summed E-state index contributed by atoms with van der Waals surface area (Å²) in [6.07, 6.45) is 3.47. The first-order valence-corrected chi connectivity index (χ1v) is 7.18. The van der Waals surface area contributed by atoms with E-state index >= 15 is 0 Å². The minimum absolute atomic E-state index is 0.0702. The van der Waals surface area contributed by atoms with Crippen molar-refractivity contribution in [1.82, 2.24) is 10.3 Å². The van der Waals surface area contributed by atoms with Crippen molar-refractivity contribution in [2.24, 2.45) is 5.92 Å². The maximum Gasteiger partial charge on any atom is 0.227 e. The van der Waals surface area contributed by atoms with Crippen molar-refractivity contribution in [2.75, 3.05) is 18.4 Å². The number of hydrogen-bond acceptors (Lipinski definition) is 3. The smallest absolute Gasteiger partial charge is 0.227 e. The molecule has 1 amide bonds. The number of aromatic nitrogens is 1. The molecule has 0 saturated carbocycles. The summed E-state index contributed by atoms with van der Waals surface area (Å²) in [4.78, 5) is 16.6. The summed E-state index contributed by atoms with van der Waals surface area (Å²) in [5.74, 6) is 0.145. The molecule has 0 radical (unpaired) electrons. The number of piperidine rings is 1. The highest BCUT2D eigenvalue weighted by molar-refractivity contribution is 6.35. The number of anilines is 1. The van der Waals surface area contributed by atoms with Crippen LogP contribution < -0.4 is 10.6 Å². The number of benzene rings is 1. The molecule has 5 heteroatoms. The minimum atomic E-state index is 0.0702. The Kier molecular flexibility index (Phi) is 3.85. The van der Waals surface area contributed by atoms with E-state index in [1.165, 1.54) is 0 Å². The molecular weight excluding hydrogens is 274 g/mol. The van der Waals surface area contributed by atoms with Gasteiger partial charge in [-0.15, -0.1) is 0 Å². The van der Waals surface area contributed by atoms with Crippen LogP contribution in [0, 0.1) is 5.92 Å². The lowest BCUT2D eigenvalue weighted by Gasteiger charge is -2.22. The van der Waals surface area contributed by atoms with Crippen molar-refractivity contribution in [1.29, 1.82) is 0 Å². The normalized spacial score (nSPS) is 16.2. The van der Waals surface area contributed by atoms with E-state index in [1.54, 1.807) is 12.3 Å². The molecule has 4 nitrogen and oxygen atoms in total. The predicted molar refractivity (Wildman–Crippen MR) is 81.0 cm³/mol. The lowest BCUT2D eigenvalue weighted by molar-refractivity contribution is -0.120. The Hall–Kier alpha value is -1.65. The van der Waals surface area contributed by atoms with Crippen LogP contribution in [0.5, 0.6) is 0 Å². The summed E-state index contributed by atoms with van der Waals surface area (Å²) in [6, 6.07) is 7.36. The zero-order valence-corrected chi connectivity index (χ0v) is 11.8. The van der Waals surface area contributed by atoms with Gasteiger partial charge >= 0.3 is 0 Å². The molecule has 0 bridgehead atoms. The molecule has 104 valence electrons. The molecule has 3 rings (SSSR count). The Bertz CT molecular complexity index is 638. The highest BCUT2D eigenvalue weighted by Gasteiger charge is 2.21. The summed E-state index contributed by atoms with van der Waals surface area (Å²) in [6.45, 7) is 1.80. The van der Waals surface area contributed by atoms with Crippen LogP contribution in [0.1, 0.15) is 12.8 Å². The zero-order valence-electron chi connectivity index (χ0n) is 11.0. The van der Waals surface area contributed by atoms with Gasteiger partial charge in [0.25, 0.3) is 0 Å². The minimum Gasteiger partial charge on any atom is -0.324 e. The summed E-state index contributed by atoms with van der Waals surface area (Å²) >= 11 is 6.15. The van der Waals surface area contributed by atoms with Crippen LogP contribution in [0.2, 0.25) is 5.02 Å². The first kappa shape index (κ1) is 13.3. The number of carbonyl (C=O) groups excluding carboxylic acids is 1. The average molecular weight is 290 g/mol. The van der Waals surface area contributed by atoms with Crippen molar-refractivity contribution >= 4 is 34.1 Å². The maximum absolute atomic E-state index is 12.3. The van der Waals surface area contributed by atoms with E-state index in [4.69, 9.17) is 11.6 Å². The third kappa shape index (κ3) is 2.62. The number of pyridine rings is 1. The quantitative estimate of drug-likeness (QED) is 0.894. The number of carbonyl (C=O) groups is 1. The average Bonchev–Trinajstić information content (AvgIpc) is 2.51. The fourth-order valence-corrected chi connectivity index (χ4v) is 2.77. The van der Waals surface area contributed by atoms with Crippen LogP contribution in [-0.2, 0) is 4.79 Å². The molecule has 2 N–H and O–H groups in total. The Morgan fingerprint density at radius 2 is 2.10 bits per heavy atom. The van der Waals surface area contributed by atoms with Gasteiger partial charge in [0.05, 0.1) is 16.2 Å². The monoisotopic (exact) mass is 289 g/mol. The molecule has 20 heavy (non-hydrogen) atoms. The van der Waals surface area contributed by atoms with Crippen molar-refractivity contribution in [3.8, 4) is 0 Å². The summed E-state index contributed by atoms with van der Waals surface area (Å²) in [5, 5.41) is 7.76. The third-order valence-electron chi connectivity index (χ3n) is 3.68. The van der Waals surface area contributed by atoms with Crippen molar-refractivity contribution in [2.45, 2.75) is 12.8 Å². The number of fused-ring (bicyclic) bond motifs is 1. The molecule has 1 saturated heterocycles. The van der Waals surface area contributed by atoms with Gasteiger partial charge in [0.2, 0.25) is 5.91 Å². The van der Waals surface area contributed by atoms with E-state index in [2.05, 4.69) is 15.6 Å². The van der Waals surface area contributed by atoms with Crippen LogP contribution in [0.3, 0.4) is 0 Å². The SMILES string of the molecule is O=C(Nc1ccc(Cl)c2cccnc12)C1CCNCC1. The molecule has 1 aliphatic rings. The first-order valence-electron chi connectivity index (χ1n) is 6.80. The molecule has 0 spiro atoms. The molecule has 1 aromatic heterocycles. The lowest BCUT2D eigenvalue weighted by Crippen LogP contribution is -2.34. The van der Waals surface area contributed by atoms with Crippen LogP contribution in [0.25, 0.3) is 10.9 Å². The van der Waals surface area contributed by atoms with Gasteiger partial charge in [-0.25, -0.2) is 0 Å². The van der Waals surface area contributed by atoms with Gasteiger partial charge in [-0.1, -0.05) is 11.6 Å². The molecule has 0 unspecified atom stereocenters. The van der Waals surface area contributed by atoms with Crippen LogP contribution in [0.4, 0.5) is 5.69 Å². The number of halogens is 1. The number of hydrogen-bond donors (Lipinski definition) is 2. The van der Waals surface area contributed by atoms with Gasteiger partial charge in [-0.3, -0.25) is 9.78 Å². The molecule has 2 heterocycles. The zero-order chi connectivity index (χ0) is 13.9. The maximum atomic E-state index is 12.3. The second-order valence-corrected chi connectivity index (χ2v) is 5.42. The van der Waals surface area contributed by atoms with Gasteiger partial charge < -0.3 is 10.6 Å². The highest BCUT2D eigenvalue weighted by Crippen LogP contribution is 2.28. The standard InChI is InChI=1S/C15H16ClN3O/c16-12-3-4-13(14-11(12)2-1-7-18-14)19-15(20)10-5-8-17-9-6-10/h1-4,7,10,17H,5-6,8-9H2,(H,19,20). The largest absolute Gasteiger partial charge is 0.324 e. The number of nitrogens with zero attached hydrogens (tertiary/aromatic N) is 1. The van der Waals surface area contributed by atoms with Gasteiger partial charge in [0.1, 0.15) is 0 Å². The molecule has 0 aliphatic carbocycles. The Morgan fingerprint density at radius 3 is 2.90 bits per heavy atom. The van der Waals surface area contributed by atoms with E-state index in [-0.39, 0.29) is 11.8 Å². The van der Waals surface area contributed by atoms with Crippen molar-refractivity contribution < 1.29 is 4.79 Å². The van der Waals surface area contributed by atoms with Gasteiger partial charge in [0, 0.05) is 17.5 Å². The lowest BCUT2D eigenvalue weighted by atomic mass is 9.97. The number of rotatable bonds is 2. The first-order chi connectivity index (χ1) is 9.75. The topological polar surface area (TPSA) is 54.0 Å². The van der Waals surface area contributed by atoms with Crippen LogP contribution in [0.15, 0.2) is 30.5 Å². The molecule has 1 fully saturated rings. The predicted octanol–water partition coefficient (Wildman–Crippen LogP) is 2.83. The molecule has 0 atom stereocenters. The second kappa shape index (κ2) is 5.77. The number of amides is 1. The summed E-state index contributed by atoms with van der Waals surface area (Å²) < 4.78 is 0. The Balaban J connectivity index is 1.87. The molecule has 2 aromatic rings. The second-order valence-electron chi connectivity index (χ2n) is 5.01. The molecular formula is C15H16ClN3O. The van der Waals surface area contributed by atoms with Gasteiger partial charge in [-0.05, 0) is 50.2 Å². The highest BCUT2D eigenvalue weighted by atomic mass is 35.5. The summed E-state index contributed by atoms with van der Waals surface area (Å²) in [7, 11) is 0. The Morgan fingerprint density at radius 1 is 1.30 bits per heavy atom. The van der Waals surface area contributed by atoms with Crippen molar-refractivity contribution in [3.05, 3.63) is 35.5 Å². The van der Waals surface area contributed by atoms with E-state index < -0.39 is 0 Å². The molecule has 1 aromatic carbocycles.